The summed E-state index contributed by atoms with van der Waals surface area (Å²) in [5.41, 5.74) is 3.53. The lowest BCUT2D eigenvalue weighted by Gasteiger charge is -2.24. The lowest BCUT2D eigenvalue weighted by atomic mass is 9.96. The van der Waals surface area contributed by atoms with Gasteiger partial charge in [-0.25, -0.2) is 9.37 Å². The number of H-pyrrole nitrogens is 1. The van der Waals surface area contributed by atoms with Gasteiger partial charge in [0.15, 0.2) is 5.65 Å². The molecule has 2 heterocycles. The van der Waals surface area contributed by atoms with Gasteiger partial charge in [-0.2, -0.15) is 5.10 Å². The third-order valence-electron chi connectivity index (χ3n) is 4.78. The van der Waals surface area contributed by atoms with E-state index in [0.717, 1.165) is 27.8 Å². The Morgan fingerprint density at radius 1 is 1.38 bits per heavy atom. The molecular weight excluding hydrogens is 307 g/mol. The molecule has 1 atom stereocenters. The SMILES string of the molecule is Cc1[nH]nc2ncc(CNCC3(O)CCc4cc(F)ccc43)cc12. The van der Waals surface area contributed by atoms with Gasteiger partial charge in [0, 0.05) is 30.4 Å². The van der Waals surface area contributed by atoms with E-state index in [2.05, 4.69) is 26.6 Å². The summed E-state index contributed by atoms with van der Waals surface area (Å²) in [7, 11) is 0. The molecule has 24 heavy (non-hydrogen) atoms. The number of aromatic nitrogens is 3. The number of nitrogens with zero attached hydrogens (tertiary/aromatic N) is 2. The van der Waals surface area contributed by atoms with Gasteiger partial charge in [0.05, 0.1) is 0 Å². The van der Waals surface area contributed by atoms with Crippen molar-refractivity contribution >= 4 is 11.0 Å². The second kappa shape index (κ2) is 5.65. The summed E-state index contributed by atoms with van der Waals surface area (Å²) in [5, 5.41) is 22.2. The zero-order valence-electron chi connectivity index (χ0n) is 13.4. The fourth-order valence-corrected chi connectivity index (χ4v) is 3.46. The zero-order valence-corrected chi connectivity index (χ0v) is 13.4. The first kappa shape index (κ1) is 15.2. The normalized spacial score (nSPS) is 19.8. The Balaban J connectivity index is 1.46. The topological polar surface area (TPSA) is 73.8 Å². The Morgan fingerprint density at radius 2 is 2.25 bits per heavy atom. The summed E-state index contributed by atoms with van der Waals surface area (Å²) >= 11 is 0. The molecule has 1 unspecified atom stereocenters. The van der Waals surface area contributed by atoms with Crippen LogP contribution in [0.2, 0.25) is 0 Å². The van der Waals surface area contributed by atoms with Crippen LogP contribution in [0.25, 0.3) is 11.0 Å². The van der Waals surface area contributed by atoms with E-state index >= 15 is 0 Å². The zero-order chi connectivity index (χ0) is 16.7. The van der Waals surface area contributed by atoms with Crippen LogP contribution in [0.3, 0.4) is 0 Å². The summed E-state index contributed by atoms with van der Waals surface area (Å²) in [4.78, 5) is 4.33. The van der Waals surface area contributed by atoms with Crippen molar-refractivity contribution in [3.63, 3.8) is 0 Å². The van der Waals surface area contributed by atoms with Crippen molar-refractivity contribution in [1.29, 1.82) is 0 Å². The van der Waals surface area contributed by atoms with Gasteiger partial charge in [-0.1, -0.05) is 6.07 Å². The van der Waals surface area contributed by atoms with E-state index in [-0.39, 0.29) is 5.82 Å². The standard InChI is InChI=1S/C18H19FN4O/c1-11-15-6-12(9-21-17(15)23-22-11)8-20-10-18(24)5-4-13-7-14(19)2-3-16(13)18/h2-3,6-7,9,20,24H,4-5,8,10H2,1H3,(H,21,22,23). The van der Waals surface area contributed by atoms with Gasteiger partial charge >= 0.3 is 0 Å². The minimum atomic E-state index is -0.938. The molecule has 0 radical (unpaired) electrons. The minimum Gasteiger partial charge on any atom is -0.384 e. The third-order valence-corrected chi connectivity index (χ3v) is 4.78. The van der Waals surface area contributed by atoms with E-state index in [1.165, 1.54) is 12.1 Å². The van der Waals surface area contributed by atoms with Gasteiger partial charge in [0.1, 0.15) is 11.4 Å². The molecule has 1 aliphatic rings. The lowest BCUT2D eigenvalue weighted by Crippen LogP contribution is -2.36. The summed E-state index contributed by atoms with van der Waals surface area (Å²) in [6.07, 6.45) is 3.10. The molecule has 124 valence electrons. The van der Waals surface area contributed by atoms with Gasteiger partial charge in [0.25, 0.3) is 0 Å². The van der Waals surface area contributed by atoms with Crippen molar-refractivity contribution < 1.29 is 9.50 Å². The second-order valence-electron chi connectivity index (χ2n) is 6.50. The number of nitrogens with one attached hydrogen (secondary N) is 2. The summed E-state index contributed by atoms with van der Waals surface area (Å²) in [6, 6.07) is 6.68. The minimum absolute atomic E-state index is 0.249. The lowest BCUT2D eigenvalue weighted by molar-refractivity contribution is 0.0384. The predicted octanol–water partition coefficient (Wildman–Crippen LogP) is 2.33. The molecule has 1 aliphatic carbocycles. The molecule has 6 heteroatoms. The molecule has 0 bridgehead atoms. The monoisotopic (exact) mass is 326 g/mol. The van der Waals surface area contributed by atoms with Crippen LogP contribution in [0.5, 0.6) is 0 Å². The van der Waals surface area contributed by atoms with E-state index in [1.807, 2.05) is 6.92 Å². The molecule has 3 N–H and O–H groups in total. The van der Waals surface area contributed by atoms with Crippen molar-refractivity contribution in [3.8, 4) is 0 Å². The van der Waals surface area contributed by atoms with E-state index in [4.69, 9.17) is 0 Å². The van der Waals surface area contributed by atoms with Gasteiger partial charge in [0.2, 0.25) is 0 Å². The smallest absolute Gasteiger partial charge is 0.181 e. The van der Waals surface area contributed by atoms with Gasteiger partial charge < -0.3 is 10.4 Å². The van der Waals surface area contributed by atoms with Crippen molar-refractivity contribution in [2.24, 2.45) is 0 Å². The highest BCUT2D eigenvalue weighted by Crippen LogP contribution is 2.36. The van der Waals surface area contributed by atoms with Crippen molar-refractivity contribution in [2.45, 2.75) is 31.9 Å². The van der Waals surface area contributed by atoms with Crippen LogP contribution in [-0.2, 0) is 18.6 Å². The average molecular weight is 326 g/mol. The first-order valence-electron chi connectivity index (χ1n) is 8.07. The molecule has 2 aromatic heterocycles. The maximum absolute atomic E-state index is 13.3. The van der Waals surface area contributed by atoms with Crippen LogP contribution in [0, 0.1) is 12.7 Å². The Kier molecular flexibility index (Phi) is 3.58. The van der Waals surface area contributed by atoms with Gasteiger partial charge in [-0.05, 0) is 54.7 Å². The predicted molar refractivity (Wildman–Crippen MR) is 89.0 cm³/mol. The molecule has 0 amide bonds. The number of fused-ring (bicyclic) bond motifs is 2. The molecule has 0 saturated carbocycles. The number of hydrogen-bond acceptors (Lipinski definition) is 4. The Labute approximate surface area is 138 Å². The van der Waals surface area contributed by atoms with E-state index in [0.29, 0.717) is 31.6 Å². The molecule has 0 fully saturated rings. The molecule has 0 spiro atoms. The summed E-state index contributed by atoms with van der Waals surface area (Å²) in [6.45, 7) is 2.99. The molecule has 3 aromatic rings. The van der Waals surface area contributed by atoms with Crippen molar-refractivity contribution in [3.05, 3.63) is 58.7 Å². The van der Waals surface area contributed by atoms with Crippen LogP contribution < -0.4 is 5.32 Å². The van der Waals surface area contributed by atoms with E-state index < -0.39 is 5.60 Å². The highest BCUT2D eigenvalue weighted by atomic mass is 19.1. The maximum atomic E-state index is 13.3. The highest BCUT2D eigenvalue weighted by Gasteiger charge is 2.36. The number of benzene rings is 1. The van der Waals surface area contributed by atoms with Gasteiger partial charge in [-0.15, -0.1) is 0 Å². The number of halogens is 1. The van der Waals surface area contributed by atoms with Crippen LogP contribution in [-0.4, -0.2) is 26.8 Å². The fraction of sp³-hybridized carbons (Fsp3) is 0.333. The molecule has 1 aromatic carbocycles. The van der Waals surface area contributed by atoms with Crippen molar-refractivity contribution in [2.75, 3.05) is 6.54 Å². The van der Waals surface area contributed by atoms with Crippen molar-refractivity contribution in [1.82, 2.24) is 20.5 Å². The number of aryl methyl sites for hydroxylation is 2. The van der Waals surface area contributed by atoms with Crippen LogP contribution >= 0.6 is 0 Å². The molecule has 0 saturated heterocycles. The summed E-state index contributed by atoms with van der Waals surface area (Å²) in [5.74, 6) is -0.249. The number of aliphatic hydroxyl groups is 1. The number of pyridine rings is 1. The fourth-order valence-electron chi connectivity index (χ4n) is 3.46. The molecule has 0 aliphatic heterocycles. The Morgan fingerprint density at radius 3 is 3.12 bits per heavy atom. The van der Waals surface area contributed by atoms with E-state index in [1.54, 1.807) is 12.3 Å². The summed E-state index contributed by atoms with van der Waals surface area (Å²) < 4.78 is 13.3. The third kappa shape index (κ3) is 2.57. The maximum Gasteiger partial charge on any atom is 0.181 e. The van der Waals surface area contributed by atoms with Crippen LogP contribution in [0.15, 0.2) is 30.5 Å². The molecular formula is C18H19FN4O. The van der Waals surface area contributed by atoms with Crippen LogP contribution in [0.4, 0.5) is 4.39 Å². The first-order chi connectivity index (χ1) is 11.5. The average Bonchev–Trinajstić information content (AvgIpc) is 3.09. The highest BCUT2D eigenvalue weighted by molar-refractivity contribution is 5.77. The molecule has 4 rings (SSSR count). The Hall–Kier alpha value is -2.31. The van der Waals surface area contributed by atoms with E-state index in [9.17, 15) is 9.50 Å². The Bertz CT molecular complexity index is 907. The van der Waals surface area contributed by atoms with Crippen LogP contribution in [0.1, 0.15) is 28.8 Å². The first-order valence-corrected chi connectivity index (χ1v) is 8.07. The molecule has 5 nitrogen and oxygen atoms in total. The number of hydrogen-bond donors (Lipinski definition) is 3. The number of aromatic amines is 1. The second-order valence-corrected chi connectivity index (χ2v) is 6.50. The van der Waals surface area contributed by atoms with Gasteiger partial charge in [-0.3, -0.25) is 5.10 Å². The largest absolute Gasteiger partial charge is 0.384 e. The quantitative estimate of drug-likeness (QED) is 0.688. The number of rotatable bonds is 4.